The number of phenols is 1. The van der Waals surface area contributed by atoms with Crippen LogP contribution < -0.4 is 18.9 Å². The Hall–Kier alpha value is -3.33. The van der Waals surface area contributed by atoms with Crippen molar-refractivity contribution in [2.45, 2.75) is 31.4 Å². The number of likely N-dealkylation sites (tertiary alicyclic amines) is 1. The fourth-order valence-electron chi connectivity index (χ4n) is 5.06. The van der Waals surface area contributed by atoms with Gasteiger partial charge in [0, 0.05) is 19.2 Å². The van der Waals surface area contributed by atoms with Gasteiger partial charge in [-0.25, -0.2) is 4.79 Å². The van der Waals surface area contributed by atoms with Crippen LogP contribution in [0, 0.1) is 5.92 Å². The number of hydrogen-bond acceptors (Lipinski definition) is 8. The Morgan fingerprint density at radius 3 is 2.67 bits per heavy atom. The third kappa shape index (κ3) is 5.73. The first-order chi connectivity index (χ1) is 17.6. The normalized spacial score (nSPS) is 22.4. The number of nitrogens with zero attached hydrogens (tertiary/aromatic N) is 2. The second kappa shape index (κ2) is 11.2. The lowest BCUT2D eigenvalue weighted by molar-refractivity contribution is 0.0464. The number of benzene rings is 2. The van der Waals surface area contributed by atoms with Crippen LogP contribution in [0.5, 0.6) is 28.7 Å². The van der Waals surface area contributed by atoms with Crippen LogP contribution in [0.15, 0.2) is 42.5 Å². The van der Waals surface area contributed by atoms with E-state index in [4.69, 9.17) is 23.7 Å². The van der Waals surface area contributed by atoms with Crippen molar-refractivity contribution in [1.82, 2.24) is 9.80 Å². The molecule has 1 N–H and O–H groups in total. The molecule has 5 rings (SSSR count). The van der Waals surface area contributed by atoms with Gasteiger partial charge < -0.3 is 28.8 Å². The first kappa shape index (κ1) is 24.4. The van der Waals surface area contributed by atoms with E-state index in [2.05, 4.69) is 4.90 Å². The zero-order valence-corrected chi connectivity index (χ0v) is 20.6. The first-order valence-electron chi connectivity index (χ1n) is 12.6. The van der Waals surface area contributed by atoms with Gasteiger partial charge >= 0.3 is 6.09 Å². The Kier molecular flexibility index (Phi) is 7.55. The molecule has 3 aliphatic heterocycles. The predicted molar refractivity (Wildman–Crippen MR) is 132 cm³/mol. The third-order valence-corrected chi connectivity index (χ3v) is 7.18. The van der Waals surface area contributed by atoms with Crippen LogP contribution in [0.25, 0.3) is 0 Å². The van der Waals surface area contributed by atoms with Crippen molar-refractivity contribution in [2.75, 3.05) is 53.1 Å². The maximum absolute atomic E-state index is 12.3. The lowest BCUT2D eigenvalue weighted by atomic mass is 9.93. The standard InChI is InChI=1S/C27H34N2O7/c1-32-26-14-21(6-7-23(26)30)33-16-20-17-35-27(31)29(20)13-10-19-8-11-28(12-9-19)15-22-18-34-24-4-2-3-5-25(24)36-22/h2-7,14,19-20,22,30H,8-13,15-18H2,1H3/t20-,22+/m1/s1. The molecular weight excluding hydrogens is 464 g/mol. The number of carbonyl (C=O) groups is 1. The van der Waals surface area contributed by atoms with Gasteiger partial charge in [0.15, 0.2) is 23.0 Å². The van der Waals surface area contributed by atoms with Crippen molar-refractivity contribution in [3.05, 3.63) is 42.5 Å². The van der Waals surface area contributed by atoms with Crippen LogP contribution in [0.1, 0.15) is 19.3 Å². The number of carbonyl (C=O) groups excluding carboxylic acids is 1. The molecule has 9 heteroatoms. The molecule has 0 unspecified atom stereocenters. The topological polar surface area (TPSA) is 89.9 Å². The summed E-state index contributed by atoms with van der Waals surface area (Å²) >= 11 is 0. The summed E-state index contributed by atoms with van der Waals surface area (Å²) < 4.78 is 28.3. The maximum Gasteiger partial charge on any atom is 0.410 e. The molecule has 0 saturated carbocycles. The van der Waals surface area contributed by atoms with Crippen molar-refractivity contribution in [3.63, 3.8) is 0 Å². The second-order valence-corrected chi connectivity index (χ2v) is 9.60. The minimum atomic E-state index is -0.279. The average Bonchev–Trinajstić information content (AvgIpc) is 3.26. The van der Waals surface area contributed by atoms with Gasteiger partial charge in [-0.2, -0.15) is 0 Å². The number of para-hydroxylation sites is 2. The van der Waals surface area contributed by atoms with Crippen LogP contribution in [0.2, 0.25) is 0 Å². The highest BCUT2D eigenvalue weighted by molar-refractivity contribution is 5.70. The van der Waals surface area contributed by atoms with Crippen molar-refractivity contribution < 1.29 is 33.6 Å². The number of phenolic OH excluding ortho intramolecular Hbond substituents is 1. The molecule has 0 radical (unpaired) electrons. The summed E-state index contributed by atoms with van der Waals surface area (Å²) in [6.45, 7) is 4.78. The van der Waals surface area contributed by atoms with Gasteiger partial charge in [-0.1, -0.05) is 12.1 Å². The highest BCUT2D eigenvalue weighted by atomic mass is 16.6. The molecule has 0 spiro atoms. The van der Waals surface area contributed by atoms with Crippen molar-refractivity contribution in [3.8, 4) is 28.7 Å². The zero-order chi connectivity index (χ0) is 24.9. The molecule has 2 atom stereocenters. The molecular formula is C27H34N2O7. The molecule has 3 heterocycles. The molecule has 3 aliphatic rings. The Morgan fingerprint density at radius 1 is 1.06 bits per heavy atom. The summed E-state index contributed by atoms with van der Waals surface area (Å²) in [5.74, 6) is 3.20. The van der Waals surface area contributed by atoms with Crippen LogP contribution in [0.3, 0.4) is 0 Å². The van der Waals surface area contributed by atoms with Crippen LogP contribution in [0.4, 0.5) is 4.79 Å². The molecule has 2 fully saturated rings. The van der Waals surface area contributed by atoms with E-state index in [1.807, 2.05) is 24.3 Å². The number of fused-ring (bicyclic) bond motifs is 1. The highest BCUT2D eigenvalue weighted by Gasteiger charge is 2.34. The number of ether oxygens (including phenoxy) is 5. The summed E-state index contributed by atoms with van der Waals surface area (Å²) in [6, 6.07) is 12.5. The van der Waals surface area contributed by atoms with E-state index in [-0.39, 0.29) is 24.0 Å². The van der Waals surface area contributed by atoms with E-state index in [9.17, 15) is 9.90 Å². The Balaban J connectivity index is 1.05. The van der Waals surface area contributed by atoms with E-state index in [0.717, 1.165) is 50.4 Å². The Labute approximate surface area is 211 Å². The molecule has 36 heavy (non-hydrogen) atoms. The minimum absolute atomic E-state index is 0.0464. The van der Waals surface area contributed by atoms with Crippen LogP contribution in [-0.4, -0.2) is 86.3 Å². The predicted octanol–water partition coefficient (Wildman–Crippen LogP) is 3.54. The molecule has 194 valence electrons. The number of hydrogen-bond donors (Lipinski definition) is 1. The van der Waals surface area contributed by atoms with Gasteiger partial charge in [0.2, 0.25) is 0 Å². The van der Waals surface area contributed by atoms with Gasteiger partial charge in [0.05, 0.1) is 7.11 Å². The Bertz CT molecular complexity index is 1040. The third-order valence-electron chi connectivity index (χ3n) is 7.18. The van der Waals surface area contributed by atoms with E-state index >= 15 is 0 Å². The number of rotatable bonds is 9. The SMILES string of the molecule is COc1cc(OC[C@@H]2COC(=O)N2CCC2CCN(C[C@H]3COc4ccccc4O3)CC2)ccc1O. The largest absolute Gasteiger partial charge is 0.504 e. The van der Waals surface area contributed by atoms with Crippen molar-refractivity contribution in [1.29, 1.82) is 0 Å². The maximum atomic E-state index is 12.3. The van der Waals surface area contributed by atoms with Crippen LogP contribution >= 0.6 is 0 Å². The molecule has 0 bridgehead atoms. The summed E-state index contributed by atoms with van der Waals surface area (Å²) in [5, 5.41) is 9.75. The molecule has 1 amide bonds. The molecule has 2 aromatic carbocycles. The second-order valence-electron chi connectivity index (χ2n) is 9.60. The quantitative estimate of drug-likeness (QED) is 0.562. The van der Waals surface area contributed by atoms with Crippen molar-refractivity contribution >= 4 is 6.09 Å². The summed E-state index contributed by atoms with van der Waals surface area (Å²) in [6.07, 6.45) is 2.91. The van der Waals surface area contributed by atoms with E-state index in [0.29, 0.717) is 43.8 Å². The van der Waals surface area contributed by atoms with Gasteiger partial charge in [0.25, 0.3) is 0 Å². The number of amides is 1. The lowest BCUT2D eigenvalue weighted by Crippen LogP contribution is -2.44. The van der Waals surface area contributed by atoms with Gasteiger partial charge in [0.1, 0.15) is 37.7 Å². The highest BCUT2D eigenvalue weighted by Crippen LogP contribution is 2.32. The van der Waals surface area contributed by atoms with Gasteiger partial charge in [-0.3, -0.25) is 9.80 Å². The first-order valence-corrected chi connectivity index (χ1v) is 12.6. The molecule has 2 aromatic rings. The summed E-state index contributed by atoms with van der Waals surface area (Å²) in [4.78, 5) is 16.6. The number of methoxy groups -OCH3 is 1. The van der Waals surface area contributed by atoms with E-state index in [1.165, 1.54) is 13.2 Å². The Morgan fingerprint density at radius 2 is 1.86 bits per heavy atom. The number of cyclic esters (lactones) is 1. The molecule has 0 aromatic heterocycles. The fourth-order valence-corrected chi connectivity index (χ4v) is 5.06. The lowest BCUT2D eigenvalue weighted by Gasteiger charge is -2.36. The summed E-state index contributed by atoms with van der Waals surface area (Å²) in [5.41, 5.74) is 0. The number of piperidine rings is 1. The van der Waals surface area contributed by atoms with E-state index in [1.54, 1.807) is 17.0 Å². The van der Waals surface area contributed by atoms with Crippen LogP contribution in [-0.2, 0) is 4.74 Å². The smallest absolute Gasteiger partial charge is 0.410 e. The number of aromatic hydroxyl groups is 1. The van der Waals surface area contributed by atoms with Gasteiger partial charge in [-0.15, -0.1) is 0 Å². The zero-order valence-electron chi connectivity index (χ0n) is 20.6. The monoisotopic (exact) mass is 498 g/mol. The van der Waals surface area contributed by atoms with Gasteiger partial charge in [-0.05, 0) is 62.5 Å². The molecule has 2 saturated heterocycles. The minimum Gasteiger partial charge on any atom is -0.504 e. The molecule has 9 nitrogen and oxygen atoms in total. The van der Waals surface area contributed by atoms with E-state index < -0.39 is 0 Å². The molecule has 0 aliphatic carbocycles. The van der Waals surface area contributed by atoms with Crippen molar-refractivity contribution in [2.24, 2.45) is 5.92 Å². The summed E-state index contributed by atoms with van der Waals surface area (Å²) in [7, 11) is 1.49. The fraction of sp³-hybridized carbons (Fsp3) is 0.519. The average molecular weight is 499 g/mol.